The number of benzene rings is 10. The van der Waals surface area contributed by atoms with Crippen LogP contribution in [0, 0.1) is 0 Å². The van der Waals surface area contributed by atoms with Crippen LogP contribution in [0.3, 0.4) is 0 Å². The summed E-state index contributed by atoms with van der Waals surface area (Å²) in [5.41, 5.74) is 8.71. The molecule has 0 saturated carbocycles. The topological polar surface area (TPSA) is 42.1 Å². The van der Waals surface area contributed by atoms with E-state index in [1.165, 1.54) is 63.2 Å². The van der Waals surface area contributed by atoms with Crippen LogP contribution in [0.5, 0.6) is 0 Å². The summed E-state index contributed by atoms with van der Waals surface area (Å²) < 4.78 is 10.3. The standard InChI is InChI=1S/C66H46N6S2/c1-5-23-47(24-6-1)73(48-25-7-2-8-26-48)71(65-45-43-55-57(67-65)35-21-41-63(55)69-59-37-17-13-31-51(59)52-32-14-18-38-60(52)69)74(49-27-9-3-10-28-49,50-29-11-4-12-30-50)72(73)66-46-44-56-58(68-66)36-22-42-64(56)70-61-39-19-15-33-53(61)54-34-16-20-40-62(54)70/h1-46H. The van der Waals surface area contributed by atoms with Gasteiger partial charge in [0, 0.05) is 51.9 Å². The van der Waals surface area contributed by atoms with Gasteiger partial charge in [-0.15, -0.1) is 0 Å². The van der Waals surface area contributed by atoms with Crippen LogP contribution in [0.2, 0.25) is 0 Å². The molecule has 0 atom stereocenters. The number of hydrogen-bond donors (Lipinski definition) is 0. The van der Waals surface area contributed by atoms with Crippen LogP contribution in [0.15, 0.2) is 299 Å². The second-order valence-corrected chi connectivity index (χ2v) is 24.6. The Morgan fingerprint density at radius 1 is 0.230 bits per heavy atom. The molecule has 4 aromatic heterocycles. The number of fused-ring (bicyclic) bond motifs is 8. The molecule has 10 aromatic carbocycles. The smallest absolute Gasteiger partial charge is 0.150 e. The zero-order valence-electron chi connectivity index (χ0n) is 40.1. The van der Waals surface area contributed by atoms with Crippen LogP contribution in [0.1, 0.15) is 0 Å². The molecule has 8 heteroatoms. The molecule has 1 saturated heterocycles. The summed E-state index contributed by atoms with van der Waals surface area (Å²) in [7, 11) is -4.87. The minimum atomic E-state index is -2.44. The highest BCUT2D eigenvalue weighted by Crippen LogP contribution is 2.95. The van der Waals surface area contributed by atoms with Gasteiger partial charge < -0.3 is 9.13 Å². The molecular formula is C66H46N6S2. The SMILES string of the molecule is c1ccc(S2(c3ccccc3)N(c3ccc4c(-n5c6ccccc6c6ccccc65)cccc4n3)S(c3ccccc3)(c3ccccc3)N2c2ccc3c(-n4c5ccccc5c5ccccc54)cccc3n2)cc1. The Hall–Kier alpha value is -9.08. The Balaban J connectivity index is 1.02. The number of aromatic nitrogens is 4. The lowest BCUT2D eigenvalue weighted by atomic mass is 10.1. The highest BCUT2D eigenvalue weighted by atomic mass is 32.4. The Morgan fingerprint density at radius 3 is 0.824 bits per heavy atom. The van der Waals surface area contributed by atoms with Crippen LogP contribution >= 0.6 is 20.8 Å². The lowest BCUT2D eigenvalue weighted by Crippen LogP contribution is -2.58. The first-order valence-electron chi connectivity index (χ1n) is 25.0. The molecule has 5 heterocycles. The van der Waals surface area contributed by atoms with E-state index in [2.05, 4.69) is 296 Å². The molecule has 0 bridgehead atoms. The fourth-order valence-electron chi connectivity index (χ4n) is 11.7. The summed E-state index contributed by atoms with van der Waals surface area (Å²) in [5, 5.41) is 7.08. The van der Waals surface area contributed by atoms with E-state index >= 15 is 0 Å². The molecule has 0 unspecified atom stereocenters. The van der Waals surface area contributed by atoms with Gasteiger partial charge >= 0.3 is 0 Å². The predicted octanol–water partition coefficient (Wildman–Crippen LogP) is 17.8. The summed E-state index contributed by atoms with van der Waals surface area (Å²) in [6.07, 6.45) is 0. The van der Waals surface area contributed by atoms with E-state index in [-0.39, 0.29) is 0 Å². The van der Waals surface area contributed by atoms with Crippen LogP contribution in [0.4, 0.5) is 11.6 Å². The summed E-state index contributed by atoms with van der Waals surface area (Å²) in [5.74, 6) is 1.79. The Kier molecular flexibility index (Phi) is 9.64. The highest BCUT2D eigenvalue weighted by Gasteiger charge is 2.67. The van der Waals surface area contributed by atoms with Crippen LogP contribution in [-0.2, 0) is 0 Å². The van der Waals surface area contributed by atoms with Gasteiger partial charge in [-0.1, -0.05) is 158 Å². The van der Waals surface area contributed by atoms with E-state index in [0.717, 1.165) is 44.8 Å². The first-order valence-corrected chi connectivity index (χ1v) is 28.1. The summed E-state index contributed by atoms with van der Waals surface area (Å²) in [6, 6.07) is 102. The first kappa shape index (κ1) is 42.6. The van der Waals surface area contributed by atoms with Gasteiger partial charge in [-0.2, -0.15) is 0 Å². The van der Waals surface area contributed by atoms with Crippen molar-refractivity contribution in [1.29, 1.82) is 0 Å². The zero-order chi connectivity index (χ0) is 48.8. The van der Waals surface area contributed by atoms with Crippen molar-refractivity contribution in [1.82, 2.24) is 19.1 Å². The molecule has 14 aromatic rings. The fraction of sp³-hybridized carbons (Fsp3) is 0. The van der Waals surface area contributed by atoms with Gasteiger partial charge in [0.15, 0.2) is 11.6 Å². The third-order valence-corrected chi connectivity index (χ3v) is 23.6. The van der Waals surface area contributed by atoms with Gasteiger partial charge in [-0.05, 0) is 142 Å². The van der Waals surface area contributed by atoms with Crippen molar-refractivity contribution in [3.05, 3.63) is 279 Å². The van der Waals surface area contributed by atoms with Crippen molar-refractivity contribution in [2.75, 3.05) is 7.42 Å². The molecule has 0 spiro atoms. The third-order valence-electron chi connectivity index (χ3n) is 14.7. The Labute approximate surface area is 431 Å². The number of pyridine rings is 2. The summed E-state index contributed by atoms with van der Waals surface area (Å²) >= 11 is 0. The van der Waals surface area contributed by atoms with Gasteiger partial charge in [0.05, 0.1) is 44.5 Å². The summed E-state index contributed by atoms with van der Waals surface area (Å²) in [4.78, 5) is 16.5. The van der Waals surface area contributed by atoms with E-state index in [0.29, 0.717) is 0 Å². The second-order valence-electron chi connectivity index (χ2n) is 18.6. The Morgan fingerprint density at radius 2 is 0.514 bits per heavy atom. The molecule has 1 aliphatic heterocycles. The van der Waals surface area contributed by atoms with Gasteiger partial charge in [-0.25, -0.2) is 17.4 Å². The summed E-state index contributed by atoms with van der Waals surface area (Å²) in [6.45, 7) is 0. The van der Waals surface area contributed by atoms with E-state index in [9.17, 15) is 0 Å². The first-order chi connectivity index (χ1) is 36.7. The molecule has 74 heavy (non-hydrogen) atoms. The molecule has 15 rings (SSSR count). The van der Waals surface area contributed by atoms with Gasteiger partial charge in [0.2, 0.25) is 0 Å². The van der Waals surface area contributed by atoms with Crippen molar-refractivity contribution in [2.45, 2.75) is 19.6 Å². The highest BCUT2D eigenvalue weighted by molar-refractivity contribution is 8.66. The molecular weight excluding hydrogens is 941 g/mol. The lowest BCUT2D eigenvalue weighted by molar-refractivity contribution is 1.16. The molecule has 6 nitrogen and oxygen atoms in total. The van der Waals surface area contributed by atoms with E-state index < -0.39 is 20.8 Å². The lowest BCUT2D eigenvalue weighted by Gasteiger charge is -2.77. The maximum absolute atomic E-state index is 5.89. The van der Waals surface area contributed by atoms with Crippen LogP contribution in [0.25, 0.3) is 76.8 Å². The average molecular weight is 987 g/mol. The fourth-order valence-corrected chi connectivity index (χ4v) is 22.6. The second kappa shape index (κ2) is 16.7. The van der Waals surface area contributed by atoms with Crippen LogP contribution < -0.4 is 7.42 Å². The zero-order valence-corrected chi connectivity index (χ0v) is 41.7. The molecule has 0 amide bonds. The monoisotopic (exact) mass is 986 g/mol. The van der Waals surface area contributed by atoms with Crippen molar-refractivity contribution < 1.29 is 0 Å². The number of para-hydroxylation sites is 4. The van der Waals surface area contributed by atoms with Gasteiger partial charge in [0.1, 0.15) is 0 Å². The minimum absolute atomic E-state index is 0.896. The predicted molar refractivity (Wildman–Crippen MR) is 311 cm³/mol. The average Bonchev–Trinajstić information content (AvgIpc) is 4.10. The van der Waals surface area contributed by atoms with Crippen molar-refractivity contribution in [3.8, 4) is 11.4 Å². The molecule has 1 aliphatic rings. The molecule has 352 valence electrons. The third kappa shape index (κ3) is 5.98. The van der Waals surface area contributed by atoms with E-state index in [1.54, 1.807) is 0 Å². The number of hydrogen-bond acceptors (Lipinski definition) is 4. The Bertz CT molecular complexity index is 3980. The number of rotatable bonds is 8. The minimum Gasteiger partial charge on any atom is -0.309 e. The molecule has 1 fully saturated rings. The van der Waals surface area contributed by atoms with Crippen molar-refractivity contribution >= 4 is 97.9 Å². The maximum atomic E-state index is 5.89. The van der Waals surface area contributed by atoms with Gasteiger partial charge in [0.25, 0.3) is 0 Å². The van der Waals surface area contributed by atoms with Crippen molar-refractivity contribution in [3.63, 3.8) is 0 Å². The quantitative estimate of drug-likeness (QED) is 0.152. The normalized spacial score (nSPS) is 15.0. The van der Waals surface area contributed by atoms with E-state index in [4.69, 9.17) is 9.97 Å². The number of nitrogens with zero attached hydrogens (tertiary/aromatic N) is 6. The number of anilines is 2. The molecule has 0 aliphatic carbocycles. The van der Waals surface area contributed by atoms with Crippen molar-refractivity contribution in [2.24, 2.45) is 0 Å². The van der Waals surface area contributed by atoms with Crippen LogP contribution in [-0.4, -0.2) is 19.1 Å². The van der Waals surface area contributed by atoms with E-state index in [1.807, 2.05) is 0 Å². The maximum Gasteiger partial charge on any atom is 0.150 e. The molecule has 0 radical (unpaired) electrons. The molecule has 0 N–H and O–H groups in total. The largest absolute Gasteiger partial charge is 0.309 e. The van der Waals surface area contributed by atoms with Gasteiger partial charge in [-0.3, -0.25) is 0 Å².